The molecule has 8 nitrogen and oxygen atoms in total. The molecule has 4 heterocycles. The molecule has 0 saturated carbocycles. The van der Waals surface area contributed by atoms with E-state index in [2.05, 4.69) is 35.2 Å². The van der Waals surface area contributed by atoms with E-state index in [-0.39, 0.29) is 0 Å². The molecule has 4 aromatic rings. The molecule has 0 radical (unpaired) electrons. The highest BCUT2D eigenvalue weighted by Gasteiger charge is 2.07. The molecular weight excluding hydrogens is 330 g/mol. The number of aromatic nitrogens is 6. The van der Waals surface area contributed by atoms with Crippen LogP contribution in [0.5, 0.6) is 5.88 Å². The highest BCUT2D eigenvalue weighted by Crippen LogP contribution is 2.18. The van der Waals surface area contributed by atoms with Gasteiger partial charge in [0.2, 0.25) is 11.8 Å². The molecule has 0 unspecified atom stereocenters. The quantitative estimate of drug-likeness (QED) is 0.552. The number of nitrogens with zero attached hydrogens (tertiary/aromatic N) is 5. The van der Waals surface area contributed by atoms with Gasteiger partial charge in [-0.3, -0.25) is 0 Å². The lowest BCUT2D eigenvalue weighted by Crippen LogP contribution is -2.06. The number of H-pyrrole nitrogens is 1. The lowest BCUT2D eigenvalue weighted by atomic mass is 10.1. The Morgan fingerprint density at radius 2 is 1.96 bits per heavy atom. The lowest BCUT2D eigenvalue weighted by molar-refractivity contribution is 0.393. The summed E-state index contributed by atoms with van der Waals surface area (Å²) in [5.41, 5.74) is 3.91. The first-order valence-corrected chi connectivity index (χ1v) is 8.12. The Kier molecular flexibility index (Phi) is 4.38. The van der Waals surface area contributed by atoms with Gasteiger partial charge in [-0.1, -0.05) is 6.07 Å². The molecular formula is C18H17N7O. The number of fused-ring (bicyclic) bond motifs is 1. The molecule has 0 bridgehead atoms. The molecule has 4 rings (SSSR count). The number of pyridine rings is 1. The first-order valence-electron chi connectivity index (χ1n) is 8.12. The van der Waals surface area contributed by atoms with Crippen LogP contribution < -0.4 is 10.1 Å². The Hall–Kier alpha value is -3.55. The van der Waals surface area contributed by atoms with E-state index < -0.39 is 0 Å². The summed E-state index contributed by atoms with van der Waals surface area (Å²) in [5, 5.41) is 4.20. The SMILES string of the molecule is COc1ncccc1CNc1ncc(Cc2c[nH]c3ncncc23)cn1. The molecule has 0 amide bonds. The first-order chi connectivity index (χ1) is 12.8. The van der Waals surface area contributed by atoms with E-state index in [0.29, 0.717) is 24.8 Å². The zero-order valence-corrected chi connectivity index (χ0v) is 14.2. The smallest absolute Gasteiger partial charge is 0.222 e. The summed E-state index contributed by atoms with van der Waals surface area (Å²) in [5.74, 6) is 1.15. The molecule has 0 spiro atoms. The van der Waals surface area contributed by atoms with Gasteiger partial charge in [0.25, 0.3) is 0 Å². The molecule has 0 aliphatic rings. The Labute approximate surface area is 149 Å². The molecule has 130 valence electrons. The summed E-state index contributed by atoms with van der Waals surface area (Å²) >= 11 is 0. The van der Waals surface area contributed by atoms with Gasteiger partial charge in [-0.25, -0.2) is 24.9 Å². The molecule has 0 atom stereocenters. The number of methoxy groups -OCH3 is 1. The zero-order valence-electron chi connectivity index (χ0n) is 14.2. The van der Waals surface area contributed by atoms with Gasteiger partial charge in [-0.15, -0.1) is 0 Å². The van der Waals surface area contributed by atoms with Crippen molar-refractivity contribution in [3.63, 3.8) is 0 Å². The maximum atomic E-state index is 5.24. The van der Waals surface area contributed by atoms with Gasteiger partial charge in [0, 0.05) is 54.9 Å². The summed E-state index contributed by atoms with van der Waals surface area (Å²) in [7, 11) is 1.60. The molecule has 26 heavy (non-hydrogen) atoms. The third kappa shape index (κ3) is 3.30. The monoisotopic (exact) mass is 347 g/mol. The minimum atomic E-state index is 0.538. The first kappa shape index (κ1) is 15.9. The summed E-state index contributed by atoms with van der Waals surface area (Å²) in [6.07, 6.45) is 11.3. The van der Waals surface area contributed by atoms with E-state index in [1.165, 1.54) is 6.33 Å². The van der Waals surface area contributed by atoms with Crippen LogP contribution in [0.15, 0.2) is 49.4 Å². The number of anilines is 1. The van der Waals surface area contributed by atoms with Gasteiger partial charge in [0.15, 0.2) is 0 Å². The van der Waals surface area contributed by atoms with E-state index in [4.69, 9.17) is 4.74 Å². The predicted octanol–water partition coefficient (Wildman–Crippen LogP) is 2.35. The Morgan fingerprint density at radius 3 is 2.81 bits per heavy atom. The molecule has 0 fully saturated rings. The number of aromatic amines is 1. The average Bonchev–Trinajstić information content (AvgIpc) is 3.11. The van der Waals surface area contributed by atoms with Gasteiger partial charge >= 0.3 is 0 Å². The second-order valence-electron chi connectivity index (χ2n) is 5.72. The summed E-state index contributed by atoms with van der Waals surface area (Å²) < 4.78 is 5.24. The maximum Gasteiger partial charge on any atom is 0.222 e. The van der Waals surface area contributed by atoms with E-state index in [1.807, 2.05) is 36.9 Å². The highest BCUT2D eigenvalue weighted by atomic mass is 16.5. The summed E-state index contributed by atoms with van der Waals surface area (Å²) in [4.78, 5) is 24.4. The fraction of sp³-hybridized carbons (Fsp3) is 0.167. The van der Waals surface area contributed by atoms with Crippen molar-refractivity contribution in [3.8, 4) is 5.88 Å². The number of hydrogen-bond donors (Lipinski definition) is 2. The van der Waals surface area contributed by atoms with Gasteiger partial charge < -0.3 is 15.0 Å². The minimum absolute atomic E-state index is 0.538. The molecule has 0 aliphatic carbocycles. The van der Waals surface area contributed by atoms with Crippen LogP contribution in [0, 0.1) is 0 Å². The van der Waals surface area contributed by atoms with Crippen molar-refractivity contribution in [2.45, 2.75) is 13.0 Å². The standard InChI is InChI=1S/C18H17N7O/c1-26-17-13(3-2-4-20-17)8-24-18-22-6-12(7-23-18)5-14-9-21-16-15(14)10-19-11-25-16/h2-4,6-7,9-11H,5,8H2,1H3,(H,19,21,25)(H,22,23,24). The summed E-state index contributed by atoms with van der Waals surface area (Å²) in [6, 6.07) is 3.82. The number of rotatable bonds is 6. The van der Waals surface area contributed by atoms with Crippen LogP contribution in [0.25, 0.3) is 11.0 Å². The van der Waals surface area contributed by atoms with E-state index in [1.54, 1.807) is 13.3 Å². The normalized spacial score (nSPS) is 10.8. The van der Waals surface area contributed by atoms with Crippen LogP contribution >= 0.6 is 0 Å². The average molecular weight is 347 g/mol. The van der Waals surface area contributed by atoms with Crippen LogP contribution in [-0.4, -0.2) is 37.0 Å². The van der Waals surface area contributed by atoms with Crippen molar-refractivity contribution in [1.29, 1.82) is 0 Å². The zero-order chi connectivity index (χ0) is 17.8. The van der Waals surface area contributed by atoms with Crippen molar-refractivity contribution in [1.82, 2.24) is 29.9 Å². The minimum Gasteiger partial charge on any atom is -0.481 e. The van der Waals surface area contributed by atoms with Crippen LogP contribution in [0.4, 0.5) is 5.95 Å². The number of nitrogens with one attached hydrogen (secondary N) is 2. The van der Waals surface area contributed by atoms with E-state index >= 15 is 0 Å². The molecule has 8 heteroatoms. The van der Waals surface area contributed by atoms with Gasteiger partial charge in [-0.05, 0) is 17.2 Å². The molecule has 0 aromatic carbocycles. The van der Waals surface area contributed by atoms with Crippen molar-refractivity contribution in [2.75, 3.05) is 12.4 Å². The van der Waals surface area contributed by atoms with Crippen molar-refractivity contribution >= 4 is 17.0 Å². The van der Waals surface area contributed by atoms with Crippen LogP contribution in [-0.2, 0) is 13.0 Å². The Morgan fingerprint density at radius 1 is 1.08 bits per heavy atom. The van der Waals surface area contributed by atoms with Gasteiger partial charge in [0.1, 0.15) is 12.0 Å². The van der Waals surface area contributed by atoms with Crippen LogP contribution in [0.1, 0.15) is 16.7 Å². The van der Waals surface area contributed by atoms with Crippen molar-refractivity contribution < 1.29 is 4.74 Å². The Balaban J connectivity index is 1.43. The van der Waals surface area contributed by atoms with Crippen LogP contribution in [0.3, 0.4) is 0 Å². The maximum absolute atomic E-state index is 5.24. The topological polar surface area (TPSA) is 102 Å². The second kappa shape index (κ2) is 7.14. The molecule has 0 aliphatic heterocycles. The fourth-order valence-electron chi connectivity index (χ4n) is 2.73. The third-order valence-corrected chi connectivity index (χ3v) is 4.02. The molecule has 4 aromatic heterocycles. The van der Waals surface area contributed by atoms with E-state index in [9.17, 15) is 0 Å². The fourth-order valence-corrected chi connectivity index (χ4v) is 2.73. The number of ether oxygens (including phenoxy) is 1. The molecule has 2 N–H and O–H groups in total. The van der Waals surface area contributed by atoms with Crippen molar-refractivity contribution in [2.24, 2.45) is 0 Å². The Bertz CT molecular complexity index is 1010. The van der Waals surface area contributed by atoms with Gasteiger partial charge in [0.05, 0.1) is 7.11 Å². The predicted molar refractivity (Wildman–Crippen MR) is 96.8 cm³/mol. The van der Waals surface area contributed by atoms with Gasteiger partial charge in [-0.2, -0.15) is 0 Å². The van der Waals surface area contributed by atoms with E-state index in [0.717, 1.165) is 27.7 Å². The largest absolute Gasteiger partial charge is 0.481 e. The lowest BCUT2D eigenvalue weighted by Gasteiger charge is -2.08. The number of hydrogen-bond acceptors (Lipinski definition) is 7. The summed E-state index contributed by atoms with van der Waals surface area (Å²) in [6.45, 7) is 0.538. The second-order valence-corrected chi connectivity index (χ2v) is 5.72. The molecule has 0 saturated heterocycles. The van der Waals surface area contributed by atoms with Crippen molar-refractivity contribution in [3.05, 3.63) is 66.1 Å². The van der Waals surface area contributed by atoms with Crippen LogP contribution in [0.2, 0.25) is 0 Å². The third-order valence-electron chi connectivity index (χ3n) is 4.02. The highest BCUT2D eigenvalue weighted by molar-refractivity contribution is 5.78.